The Balaban J connectivity index is 1.03. The molecule has 1 aliphatic heterocycles. The number of rotatable bonds is 4. The zero-order chi connectivity index (χ0) is 41.4. The number of benzene rings is 7. The van der Waals surface area contributed by atoms with Crippen LogP contribution in [0, 0.1) is 23.7 Å². The van der Waals surface area contributed by atoms with Crippen molar-refractivity contribution in [2.45, 2.75) is 74.0 Å². The molecule has 7 aromatic carbocycles. The molecule has 0 unspecified atom stereocenters. The second kappa shape index (κ2) is 13.0. The minimum absolute atomic E-state index is 0.199. The lowest BCUT2D eigenvalue weighted by Gasteiger charge is -2.59. The zero-order valence-electron chi connectivity index (χ0n) is 35.2. The fourth-order valence-electron chi connectivity index (χ4n) is 12.8. The first-order valence-corrected chi connectivity index (χ1v) is 23.6. The molecule has 0 amide bonds. The highest BCUT2D eigenvalue weighted by Crippen LogP contribution is 2.64. The minimum atomic E-state index is -3.83. The van der Waals surface area contributed by atoms with Crippen LogP contribution in [0.5, 0.6) is 0 Å². The Hall–Kier alpha value is -5.91. The van der Waals surface area contributed by atoms with Crippen LogP contribution in [-0.4, -0.2) is 8.42 Å². The van der Waals surface area contributed by atoms with Crippen LogP contribution in [0.3, 0.4) is 0 Å². The van der Waals surface area contributed by atoms with Crippen LogP contribution in [0.25, 0.3) is 44.2 Å². The van der Waals surface area contributed by atoms with Crippen molar-refractivity contribution in [3.05, 3.63) is 174 Å². The Morgan fingerprint density at radius 3 is 1.85 bits per heavy atom. The monoisotopic (exact) mass is 815 g/mol. The molecule has 302 valence electrons. The van der Waals surface area contributed by atoms with E-state index in [4.69, 9.17) is 4.42 Å². The number of sulfone groups is 1. The summed E-state index contributed by atoms with van der Waals surface area (Å²) < 4.78 is 36.5. The molecule has 2 heterocycles. The van der Waals surface area contributed by atoms with Crippen LogP contribution < -0.4 is 4.90 Å². The van der Waals surface area contributed by atoms with Crippen LogP contribution in [0.15, 0.2) is 166 Å². The van der Waals surface area contributed by atoms with E-state index in [1.54, 1.807) is 0 Å². The summed E-state index contributed by atoms with van der Waals surface area (Å²) in [5.41, 5.74) is 13.3. The second-order valence-corrected chi connectivity index (χ2v) is 21.1. The van der Waals surface area contributed by atoms with Crippen molar-refractivity contribution >= 4 is 48.8 Å². The lowest BCUT2D eigenvalue weighted by atomic mass is 9.46. The maximum atomic E-state index is 15.1. The number of fused-ring (bicyclic) bond motifs is 8. The average Bonchev–Trinajstić information content (AvgIpc) is 3.74. The standard InChI is InChI=1S/C56H49NO3S/c1-34-27-38-29-35(2)30-39(28-34)56(38)48-14-8-10-16-53(48)61(58,59)54-33-42(23-26-49(54)56)57(41-22-25-44-43-11-5-7-13-47(43)55(3,4)50(44)32-41)40-20-17-36(18-21-40)37-19-24-46-45-12-6-9-15-51(45)60-52(46)31-37/h5-26,31-35,38-39H,27-30H2,1-4H3. The molecule has 1 spiro atoms. The number of nitrogens with zero attached hydrogens (tertiary/aromatic N) is 1. The van der Waals surface area contributed by atoms with E-state index in [2.05, 4.69) is 148 Å². The molecule has 4 aliphatic rings. The predicted octanol–water partition coefficient (Wildman–Crippen LogP) is 14.6. The summed E-state index contributed by atoms with van der Waals surface area (Å²) in [6.45, 7) is 9.42. The summed E-state index contributed by atoms with van der Waals surface area (Å²) in [5, 5.41) is 2.23. The third kappa shape index (κ3) is 5.19. The van der Waals surface area contributed by atoms with Crippen LogP contribution in [0.4, 0.5) is 17.1 Å². The molecule has 0 saturated heterocycles. The lowest BCUT2D eigenvalue weighted by molar-refractivity contribution is 0.0231. The first kappa shape index (κ1) is 36.9. The number of furan rings is 1. The van der Waals surface area contributed by atoms with Crippen LogP contribution in [0.1, 0.15) is 75.6 Å². The van der Waals surface area contributed by atoms with Gasteiger partial charge in [-0.2, -0.15) is 0 Å². The van der Waals surface area contributed by atoms with Gasteiger partial charge in [-0.15, -0.1) is 0 Å². The summed E-state index contributed by atoms with van der Waals surface area (Å²) in [4.78, 5) is 3.23. The van der Waals surface area contributed by atoms with Crippen LogP contribution in [-0.2, 0) is 20.7 Å². The molecule has 8 aromatic rings. The third-order valence-electron chi connectivity index (χ3n) is 15.3. The summed E-state index contributed by atoms with van der Waals surface area (Å²) >= 11 is 0. The normalized spacial score (nSPS) is 23.9. The van der Waals surface area contributed by atoms with E-state index in [1.165, 1.54) is 22.3 Å². The lowest BCUT2D eigenvalue weighted by Crippen LogP contribution is -2.54. The fourth-order valence-corrected chi connectivity index (χ4v) is 14.6. The van der Waals surface area contributed by atoms with Gasteiger partial charge in [0.1, 0.15) is 11.2 Å². The van der Waals surface area contributed by atoms with E-state index >= 15 is 8.42 Å². The van der Waals surface area contributed by atoms with Crippen LogP contribution in [0.2, 0.25) is 0 Å². The van der Waals surface area contributed by atoms with E-state index in [-0.39, 0.29) is 10.8 Å². The van der Waals surface area contributed by atoms with Gasteiger partial charge in [0.25, 0.3) is 0 Å². The zero-order valence-corrected chi connectivity index (χ0v) is 36.0. The average molecular weight is 816 g/mol. The fraction of sp³-hybridized carbons (Fsp3) is 0.250. The highest BCUT2D eigenvalue weighted by atomic mass is 32.2. The van der Waals surface area contributed by atoms with Gasteiger partial charge in [-0.3, -0.25) is 0 Å². The maximum Gasteiger partial charge on any atom is 0.207 e. The summed E-state index contributed by atoms with van der Waals surface area (Å²) in [6, 6.07) is 53.3. The van der Waals surface area contributed by atoms with Crippen molar-refractivity contribution in [1.29, 1.82) is 0 Å². The van der Waals surface area contributed by atoms with E-state index in [1.807, 2.05) is 36.4 Å². The number of hydrogen-bond donors (Lipinski definition) is 0. The highest BCUT2D eigenvalue weighted by molar-refractivity contribution is 7.91. The summed E-state index contributed by atoms with van der Waals surface area (Å²) in [6.07, 6.45) is 4.47. The molecule has 0 radical (unpaired) electrons. The minimum Gasteiger partial charge on any atom is -0.456 e. The smallest absolute Gasteiger partial charge is 0.207 e. The van der Waals surface area contributed by atoms with Crippen LogP contribution >= 0.6 is 0 Å². The number of para-hydroxylation sites is 1. The quantitative estimate of drug-likeness (QED) is 0.178. The Bertz CT molecular complexity index is 3180. The third-order valence-corrected chi connectivity index (χ3v) is 17.1. The predicted molar refractivity (Wildman–Crippen MR) is 248 cm³/mol. The van der Waals surface area contributed by atoms with E-state index in [9.17, 15) is 0 Å². The van der Waals surface area contributed by atoms with Crippen molar-refractivity contribution in [1.82, 2.24) is 0 Å². The Labute approximate surface area is 358 Å². The van der Waals surface area contributed by atoms with Gasteiger partial charge in [-0.25, -0.2) is 8.42 Å². The van der Waals surface area contributed by atoms with E-state index < -0.39 is 9.84 Å². The molecule has 61 heavy (non-hydrogen) atoms. The van der Waals surface area contributed by atoms with Crippen molar-refractivity contribution in [2.75, 3.05) is 4.90 Å². The van der Waals surface area contributed by atoms with Crippen molar-refractivity contribution in [3.8, 4) is 22.3 Å². The molecule has 0 atom stereocenters. The van der Waals surface area contributed by atoms with Gasteiger partial charge in [0, 0.05) is 38.7 Å². The summed E-state index contributed by atoms with van der Waals surface area (Å²) in [5.74, 6) is 2.01. The van der Waals surface area contributed by atoms with Gasteiger partial charge < -0.3 is 9.32 Å². The summed E-state index contributed by atoms with van der Waals surface area (Å²) in [7, 11) is -3.83. The second-order valence-electron chi connectivity index (χ2n) is 19.2. The molecule has 2 saturated carbocycles. The Morgan fingerprint density at radius 1 is 0.508 bits per heavy atom. The van der Waals surface area contributed by atoms with Gasteiger partial charge in [-0.1, -0.05) is 119 Å². The molecular formula is C56H49NO3S. The van der Waals surface area contributed by atoms with Gasteiger partial charge >= 0.3 is 0 Å². The maximum absolute atomic E-state index is 15.1. The first-order valence-electron chi connectivity index (χ1n) is 22.1. The molecule has 12 rings (SSSR count). The van der Waals surface area contributed by atoms with Crippen molar-refractivity contribution in [2.24, 2.45) is 23.7 Å². The van der Waals surface area contributed by atoms with Gasteiger partial charge in [-0.05, 0) is 155 Å². The Morgan fingerprint density at radius 2 is 1.08 bits per heavy atom. The largest absolute Gasteiger partial charge is 0.456 e. The van der Waals surface area contributed by atoms with Crippen molar-refractivity contribution < 1.29 is 12.8 Å². The van der Waals surface area contributed by atoms with E-state index in [0.717, 1.165) is 86.9 Å². The molecule has 5 heteroatoms. The van der Waals surface area contributed by atoms with Crippen molar-refractivity contribution in [3.63, 3.8) is 0 Å². The number of anilines is 3. The topological polar surface area (TPSA) is 50.5 Å². The molecule has 0 N–H and O–H groups in total. The number of hydrogen-bond acceptors (Lipinski definition) is 4. The van der Waals surface area contributed by atoms with Gasteiger partial charge in [0.15, 0.2) is 0 Å². The highest BCUT2D eigenvalue weighted by Gasteiger charge is 2.59. The first-order chi connectivity index (χ1) is 29.5. The molecule has 3 aliphatic carbocycles. The molecular weight excluding hydrogens is 767 g/mol. The molecule has 2 bridgehead atoms. The van der Waals surface area contributed by atoms with Gasteiger partial charge in [0.05, 0.1) is 9.79 Å². The molecule has 1 aromatic heterocycles. The molecule has 4 nitrogen and oxygen atoms in total. The molecule has 2 fully saturated rings. The van der Waals surface area contributed by atoms with Gasteiger partial charge in [0.2, 0.25) is 9.84 Å². The van der Waals surface area contributed by atoms with E-state index in [0.29, 0.717) is 33.5 Å². The SMILES string of the molecule is CC1CC2CC(C)CC(C1)C21c2ccccc2S(=O)(=O)c2cc(N(c3ccc(-c4ccc5c(c4)oc4ccccc45)cc3)c3ccc4c(c3)C(C)(C)c3ccccc3-4)ccc21. The Kier molecular flexibility index (Phi) is 7.89.